The molecular formula is C16H19F3N2O2. The molecule has 23 heavy (non-hydrogen) atoms. The van der Waals surface area contributed by atoms with E-state index in [1.165, 1.54) is 21.9 Å². The summed E-state index contributed by atoms with van der Waals surface area (Å²) in [6.07, 6.45) is -2.16. The summed E-state index contributed by atoms with van der Waals surface area (Å²) in [4.78, 5) is 26.8. The molecule has 1 aliphatic rings. The van der Waals surface area contributed by atoms with Crippen LogP contribution in [0.2, 0.25) is 0 Å². The normalized spacial score (nSPS) is 15.7. The van der Waals surface area contributed by atoms with Crippen LogP contribution < -0.4 is 0 Å². The topological polar surface area (TPSA) is 40.6 Å². The molecule has 0 bridgehead atoms. The van der Waals surface area contributed by atoms with Gasteiger partial charge in [-0.15, -0.1) is 0 Å². The third kappa shape index (κ3) is 4.71. The smallest absolute Gasteiger partial charge is 0.340 e. The Morgan fingerprint density at radius 1 is 1.22 bits per heavy atom. The lowest BCUT2D eigenvalue weighted by Gasteiger charge is -2.28. The third-order valence-corrected chi connectivity index (χ3v) is 3.87. The average molecular weight is 328 g/mol. The highest BCUT2D eigenvalue weighted by Gasteiger charge is 2.30. The molecule has 2 rings (SSSR count). The summed E-state index contributed by atoms with van der Waals surface area (Å²) < 4.78 is 37.5. The highest BCUT2D eigenvalue weighted by Crippen LogP contribution is 2.29. The predicted octanol–water partition coefficient (Wildman–Crippen LogP) is 2.68. The van der Waals surface area contributed by atoms with Crippen LogP contribution in [0, 0.1) is 0 Å². The quantitative estimate of drug-likeness (QED) is 0.853. The van der Waals surface area contributed by atoms with Gasteiger partial charge in [0.2, 0.25) is 11.8 Å². The molecule has 0 aliphatic carbocycles. The number of rotatable bonds is 4. The Bertz CT molecular complexity index is 570. The molecule has 1 aromatic carbocycles. The number of hydrogen-bond acceptors (Lipinski definition) is 2. The molecule has 126 valence electrons. The average Bonchev–Trinajstić information content (AvgIpc) is 2.49. The predicted molar refractivity (Wildman–Crippen MR) is 78.3 cm³/mol. The van der Waals surface area contributed by atoms with E-state index in [0.717, 1.165) is 25.0 Å². The minimum Gasteiger partial charge on any atom is -0.340 e. The Kier molecular flexibility index (Phi) is 5.28. The first-order chi connectivity index (χ1) is 10.8. The maximum absolute atomic E-state index is 12.5. The standard InChI is InChI=1S/C16H19F3N2O2/c1-20(15(23)11-21-9-3-2-4-14(21)22)10-12-5-7-13(8-6-12)16(17,18)19/h5-8H,2-4,9-11H2,1H3. The van der Waals surface area contributed by atoms with Gasteiger partial charge in [-0.1, -0.05) is 12.1 Å². The lowest BCUT2D eigenvalue weighted by atomic mass is 10.1. The van der Waals surface area contributed by atoms with Crippen LogP contribution in [0.1, 0.15) is 30.4 Å². The Labute approximate surface area is 132 Å². The molecule has 7 heteroatoms. The number of alkyl halides is 3. The summed E-state index contributed by atoms with van der Waals surface area (Å²) in [5, 5.41) is 0. The van der Waals surface area contributed by atoms with Crippen LogP contribution in [-0.4, -0.2) is 41.8 Å². The first kappa shape index (κ1) is 17.3. The monoisotopic (exact) mass is 328 g/mol. The second-order valence-corrected chi connectivity index (χ2v) is 5.72. The number of carbonyl (C=O) groups excluding carboxylic acids is 2. The van der Waals surface area contributed by atoms with Gasteiger partial charge in [0.15, 0.2) is 0 Å². The number of benzene rings is 1. The zero-order valence-electron chi connectivity index (χ0n) is 12.9. The molecule has 0 spiro atoms. The molecule has 1 fully saturated rings. The van der Waals surface area contributed by atoms with Crippen molar-refractivity contribution in [3.8, 4) is 0 Å². The Morgan fingerprint density at radius 3 is 2.43 bits per heavy atom. The van der Waals surface area contributed by atoms with Gasteiger partial charge >= 0.3 is 6.18 Å². The van der Waals surface area contributed by atoms with Gasteiger partial charge in [0.1, 0.15) is 0 Å². The van der Waals surface area contributed by atoms with E-state index in [9.17, 15) is 22.8 Å². The fourth-order valence-electron chi connectivity index (χ4n) is 2.47. The summed E-state index contributed by atoms with van der Waals surface area (Å²) in [5.74, 6) is -0.243. The number of likely N-dealkylation sites (N-methyl/N-ethyl adjacent to an activating group) is 1. The number of likely N-dealkylation sites (tertiary alicyclic amines) is 1. The zero-order valence-corrected chi connectivity index (χ0v) is 12.9. The van der Waals surface area contributed by atoms with Gasteiger partial charge in [0.25, 0.3) is 0 Å². The summed E-state index contributed by atoms with van der Waals surface area (Å²) in [5.41, 5.74) is -0.104. The lowest BCUT2D eigenvalue weighted by Crippen LogP contribution is -2.43. The molecule has 1 heterocycles. The van der Waals surface area contributed by atoms with Crippen LogP contribution >= 0.6 is 0 Å². The van der Waals surface area contributed by atoms with E-state index < -0.39 is 11.7 Å². The minimum absolute atomic E-state index is 0.0208. The molecule has 1 aromatic rings. The van der Waals surface area contributed by atoms with E-state index in [-0.39, 0.29) is 24.9 Å². The van der Waals surface area contributed by atoms with Crippen molar-refractivity contribution in [1.82, 2.24) is 9.80 Å². The molecule has 1 saturated heterocycles. The van der Waals surface area contributed by atoms with Crippen LogP contribution in [0.15, 0.2) is 24.3 Å². The molecule has 0 N–H and O–H groups in total. The second-order valence-electron chi connectivity index (χ2n) is 5.72. The summed E-state index contributed by atoms with van der Waals surface area (Å²) >= 11 is 0. The highest BCUT2D eigenvalue weighted by molar-refractivity contribution is 5.85. The first-order valence-corrected chi connectivity index (χ1v) is 7.45. The second kappa shape index (κ2) is 7.02. The van der Waals surface area contributed by atoms with Crippen LogP contribution in [-0.2, 0) is 22.3 Å². The maximum Gasteiger partial charge on any atom is 0.416 e. The Morgan fingerprint density at radius 2 is 1.87 bits per heavy atom. The van der Waals surface area contributed by atoms with Crippen molar-refractivity contribution in [2.75, 3.05) is 20.1 Å². The Balaban J connectivity index is 1.91. The lowest BCUT2D eigenvalue weighted by molar-refractivity contribution is -0.141. The summed E-state index contributed by atoms with van der Waals surface area (Å²) in [6.45, 7) is 0.813. The summed E-state index contributed by atoms with van der Waals surface area (Å²) in [7, 11) is 1.58. The number of hydrogen-bond donors (Lipinski definition) is 0. The van der Waals surface area contributed by atoms with Crippen molar-refractivity contribution < 1.29 is 22.8 Å². The van der Waals surface area contributed by atoms with E-state index in [4.69, 9.17) is 0 Å². The van der Waals surface area contributed by atoms with Gasteiger partial charge in [-0.3, -0.25) is 9.59 Å². The van der Waals surface area contributed by atoms with Crippen LogP contribution in [0.5, 0.6) is 0 Å². The zero-order chi connectivity index (χ0) is 17.0. The van der Waals surface area contributed by atoms with Gasteiger partial charge in [-0.25, -0.2) is 0 Å². The van der Waals surface area contributed by atoms with Gasteiger partial charge < -0.3 is 9.80 Å². The SMILES string of the molecule is CN(Cc1ccc(C(F)(F)F)cc1)C(=O)CN1CCCCC1=O. The first-order valence-electron chi connectivity index (χ1n) is 7.45. The van der Waals surface area contributed by atoms with E-state index in [1.54, 1.807) is 7.05 Å². The number of carbonyl (C=O) groups is 2. The number of halogens is 3. The van der Waals surface area contributed by atoms with Gasteiger partial charge in [-0.2, -0.15) is 13.2 Å². The van der Waals surface area contributed by atoms with Crippen LogP contribution in [0.4, 0.5) is 13.2 Å². The molecule has 2 amide bonds. The molecule has 1 aliphatic heterocycles. The van der Waals surface area contributed by atoms with E-state index >= 15 is 0 Å². The van der Waals surface area contributed by atoms with E-state index in [1.807, 2.05) is 0 Å². The van der Waals surface area contributed by atoms with Crippen molar-refractivity contribution in [2.45, 2.75) is 32.0 Å². The number of amides is 2. The van der Waals surface area contributed by atoms with Gasteiger partial charge in [0.05, 0.1) is 12.1 Å². The van der Waals surface area contributed by atoms with E-state index in [2.05, 4.69) is 0 Å². The van der Waals surface area contributed by atoms with Crippen molar-refractivity contribution in [2.24, 2.45) is 0 Å². The third-order valence-electron chi connectivity index (χ3n) is 3.87. The van der Waals surface area contributed by atoms with Crippen molar-refractivity contribution in [1.29, 1.82) is 0 Å². The summed E-state index contributed by atoms with van der Waals surface area (Å²) in [6, 6.07) is 4.72. The van der Waals surface area contributed by atoms with Crippen LogP contribution in [0.3, 0.4) is 0 Å². The highest BCUT2D eigenvalue weighted by atomic mass is 19.4. The fraction of sp³-hybridized carbons (Fsp3) is 0.500. The molecule has 0 atom stereocenters. The van der Waals surface area contributed by atoms with E-state index in [0.29, 0.717) is 18.5 Å². The molecular weight excluding hydrogens is 309 g/mol. The van der Waals surface area contributed by atoms with Gasteiger partial charge in [-0.05, 0) is 30.5 Å². The van der Waals surface area contributed by atoms with Crippen LogP contribution in [0.25, 0.3) is 0 Å². The Hall–Kier alpha value is -2.05. The minimum atomic E-state index is -4.37. The van der Waals surface area contributed by atoms with Gasteiger partial charge in [0, 0.05) is 26.6 Å². The number of nitrogens with zero attached hydrogens (tertiary/aromatic N) is 2. The van der Waals surface area contributed by atoms with Crippen molar-refractivity contribution in [3.63, 3.8) is 0 Å². The molecule has 0 aromatic heterocycles. The molecule has 0 saturated carbocycles. The largest absolute Gasteiger partial charge is 0.416 e. The van der Waals surface area contributed by atoms with Crippen molar-refractivity contribution >= 4 is 11.8 Å². The molecule has 0 radical (unpaired) electrons. The molecule has 4 nitrogen and oxygen atoms in total. The van der Waals surface area contributed by atoms with Crippen molar-refractivity contribution in [3.05, 3.63) is 35.4 Å². The fourth-order valence-corrected chi connectivity index (χ4v) is 2.47. The maximum atomic E-state index is 12.5. The number of piperidine rings is 1. The molecule has 0 unspecified atom stereocenters.